The van der Waals surface area contributed by atoms with Gasteiger partial charge in [-0.25, -0.2) is 0 Å². The summed E-state index contributed by atoms with van der Waals surface area (Å²) in [4.78, 5) is 23.7. The van der Waals surface area contributed by atoms with Gasteiger partial charge in [0.25, 0.3) is 5.69 Å². The zero-order chi connectivity index (χ0) is 16.8. The van der Waals surface area contributed by atoms with Crippen LogP contribution in [0.15, 0.2) is 48.5 Å². The predicted molar refractivity (Wildman–Crippen MR) is 90.0 cm³/mol. The number of likely N-dealkylation sites (N-methyl/N-ethyl adjacent to an activating group) is 1. The van der Waals surface area contributed by atoms with Crippen LogP contribution in [0.2, 0.25) is 0 Å². The Hall–Kier alpha value is -3.09. The number of amides is 1. The first-order valence-corrected chi connectivity index (χ1v) is 7.02. The maximum Gasteiger partial charge on any atom is 0.271 e. The fourth-order valence-corrected chi connectivity index (χ4v) is 1.91. The fraction of sp³-hybridized carbons (Fsp3) is 0.188. The number of anilines is 3. The summed E-state index contributed by atoms with van der Waals surface area (Å²) in [6, 6.07) is 13.9. The molecule has 0 aromatic heterocycles. The highest BCUT2D eigenvalue weighted by molar-refractivity contribution is 5.83. The second kappa shape index (κ2) is 7.26. The van der Waals surface area contributed by atoms with Gasteiger partial charge in [-0.1, -0.05) is 18.2 Å². The van der Waals surface area contributed by atoms with Crippen molar-refractivity contribution in [1.82, 2.24) is 4.90 Å². The Morgan fingerprint density at radius 3 is 2.43 bits per heavy atom. The molecule has 2 rings (SSSR count). The first-order chi connectivity index (χ1) is 11.0. The van der Waals surface area contributed by atoms with Gasteiger partial charge in [-0.2, -0.15) is 0 Å². The molecule has 7 nitrogen and oxygen atoms in total. The van der Waals surface area contributed by atoms with E-state index in [0.717, 1.165) is 5.69 Å². The maximum atomic E-state index is 11.7. The van der Waals surface area contributed by atoms with Crippen molar-refractivity contribution < 1.29 is 9.72 Å². The lowest BCUT2D eigenvalue weighted by molar-refractivity contribution is -0.384. The van der Waals surface area contributed by atoms with E-state index < -0.39 is 4.92 Å². The Morgan fingerprint density at radius 1 is 1.13 bits per heavy atom. The molecule has 0 atom stereocenters. The van der Waals surface area contributed by atoms with Gasteiger partial charge < -0.3 is 15.5 Å². The molecular formula is C16H18N4O3. The fourth-order valence-electron chi connectivity index (χ4n) is 1.91. The number of non-ortho nitro benzene ring substituents is 1. The highest BCUT2D eigenvalue weighted by atomic mass is 16.6. The Bertz CT molecular complexity index is 702. The molecule has 7 heteroatoms. The largest absolute Gasteiger partial charge is 0.374 e. The number of para-hydroxylation sites is 1. The molecule has 0 fully saturated rings. The lowest BCUT2D eigenvalue weighted by Gasteiger charge is -2.15. The zero-order valence-corrected chi connectivity index (χ0v) is 12.9. The summed E-state index contributed by atoms with van der Waals surface area (Å²) < 4.78 is 0. The molecule has 2 N–H and O–H groups in total. The summed E-state index contributed by atoms with van der Waals surface area (Å²) in [7, 11) is 3.31. The third-order valence-electron chi connectivity index (χ3n) is 3.20. The highest BCUT2D eigenvalue weighted by Gasteiger charge is 2.12. The van der Waals surface area contributed by atoms with E-state index in [1.165, 1.54) is 17.0 Å². The van der Waals surface area contributed by atoms with Crippen molar-refractivity contribution in [3.8, 4) is 0 Å². The summed E-state index contributed by atoms with van der Waals surface area (Å²) in [5.74, 6) is -0.123. The Kier molecular flexibility index (Phi) is 5.14. The SMILES string of the molecule is CN(C)C(=O)CNc1cc([N+](=O)[O-])ccc1Nc1ccccc1. The number of carbonyl (C=O) groups excluding carboxylic acids is 1. The van der Waals surface area contributed by atoms with Crippen molar-refractivity contribution in [2.24, 2.45) is 0 Å². The molecule has 0 radical (unpaired) electrons. The minimum absolute atomic E-state index is 0.0385. The number of rotatable bonds is 6. The molecule has 1 amide bonds. The van der Waals surface area contributed by atoms with E-state index in [2.05, 4.69) is 10.6 Å². The van der Waals surface area contributed by atoms with Crippen molar-refractivity contribution in [1.29, 1.82) is 0 Å². The number of nitro benzene ring substituents is 1. The summed E-state index contributed by atoms with van der Waals surface area (Å²) in [5, 5.41) is 17.1. The molecule has 0 unspecified atom stereocenters. The monoisotopic (exact) mass is 314 g/mol. The van der Waals surface area contributed by atoms with E-state index in [-0.39, 0.29) is 18.1 Å². The molecule has 0 heterocycles. The number of nitrogens with zero attached hydrogens (tertiary/aromatic N) is 2. The minimum atomic E-state index is -0.467. The standard InChI is InChI=1S/C16H18N4O3/c1-19(2)16(21)11-17-15-10-13(20(22)23)8-9-14(15)18-12-6-4-3-5-7-12/h3-10,17-18H,11H2,1-2H3. The molecule has 0 spiro atoms. The molecule has 2 aromatic rings. The number of nitro groups is 1. The Balaban J connectivity index is 2.25. The van der Waals surface area contributed by atoms with Gasteiger partial charge in [-0.15, -0.1) is 0 Å². The van der Waals surface area contributed by atoms with Crippen LogP contribution in [-0.4, -0.2) is 36.4 Å². The topological polar surface area (TPSA) is 87.5 Å². The molecule has 0 saturated heterocycles. The molecule has 0 bridgehead atoms. The van der Waals surface area contributed by atoms with Crippen LogP contribution in [0.4, 0.5) is 22.7 Å². The second-order valence-electron chi connectivity index (χ2n) is 5.12. The average Bonchev–Trinajstić information content (AvgIpc) is 2.54. The van der Waals surface area contributed by atoms with Gasteiger partial charge in [-0.05, 0) is 18.2 Å². The smallest absolute Gasteiger partial charge is 0.271 e. The van der Waals surface area contributed by atoms with Crippen molar-refractivity contribution >= 4 is 28.7 Å². The van der Waals surface area contributed by atoms with Crippen LogP contribution in [0, 0.1) is 10.1 Å². The van der Waals surface area contributed by atoms with Gasteiger partial charge in [0, 0.05) is 31.9 Å². The van der Waals surface area contributed by atoms with Crippen LogP contribution in [0.3, 0.4) is 0 Å². The normalized spacial score (nSPS) is 10.0. The third-order valence-corrected chi connectivity index (χ3v) is 3.20. The van der Waals surface area contributed by atoms with E-state index in [1.807, 2.05) is 30.3 Å². The van der Waals surface area contributed by atoms with Gasteiger partial charge >= 0.3 is 0 Å². The number of hydrogen-bond acceptors (Lipinski definition) is 5. The van der Waals surface area contributed by atoms with Gasteiger partial charge in [0.2, 0.25) is 5.91 Å². The van der Waals surface area contributed by atoms with Gasteiger partial charge in [-0.3, -0.25) is 14.9 Å². The van der Waals surface area contributed by atoms with Crippen molar-refractivity contribution in [2.45, 2.75) is 0 Å². The van der Waals surface area contributed by atoms with Crippen LogP contribution in [0.25, 0.3) is 0 Å². The van der Waals surface area contributed by atoms with Crippen molar-refractivity contribution in [3.05, 3.63) is 58.6 Å². The van der Waals surface area contributed by atoms with Crippen LogP contribution in [-0.2, 0) is 4.79 Å². The number of hydrogen-bond donors (Lipinski definition) is 2. The number of carbonyl (C=O) groups is 1. The first-order valence-electron chi connectivity index (χ1n) is 7.02. The molecule has 120 valence electrons. The summed E-state index contributed by atoms with van der Waals surface area (Å²) in [6.45, 7) is 0.0532. The minimum Gasteiger partial charge on any atom is -0.374 e. The first kappa shape index (κ1) is 16.3. The maximum absolute atomic E-state index is 11.7. The Labute approximate surface area is 134 Å². The molecule has 0 aliphatic heterocycles. The second-order valence-corrected chi connectivity index (χ2v) is 5.12. The van der Waals surface area contributed by atoms with Gasteiger partial charge in [0.15, 0.2) is 0 Å². The molecule has 23 heavy (non-hydrogen) atoms. The highest BCUT2D eigenvalue weighted by Crippen LogP contribution is 2.29. The van der Waals surface area contributed by atoms with E-state index >= 15 is 0 Å². The lowest BCUT2D eigenvalue weighted by atomic mass is 10.2. The zero-order valence-electron chi connectivity index (χ0n) is 12.9. The molecule has 0 aliphatic carbocycles. The van der Waals surface area contributed by atoms with Gasteiger partial charge in [0.05, 0.1) is 22.8 Å². The Morgan fingerprint density at radius 2 is 1.83 bits per heavy atom. The van der Waals surface area contributed by atoms with Crippen LogP contribution in [0.1, 0.15) is 0 Å². The lowest BCUT2D eigenvalue weighted by Crippen LogP contribution is -2.28. The number of benzene rings is 2. The van der Waals surface area contributed by atoms with Crippen molar-refractivity contribution in [3.63, 3.8) is 0 Å². The van der Waals surface area contributed by atoms with Crippen LogP contribution < -0.4 is 10.6 Å². The van der Waals surface area contributed by atoms with Crippen LogP contribution in [0.5, 0.6) is 0 Å². The summed E-state index contributed by atoms with van der Waals surface area (Å²) in [6.07, 6.45) is 0. The summed E-state index contributed by atoms with van der Waals surface area (Å²) >= 11 is 0. The van der Waals surface area contributed by atoms with Crippen molar-refractivity contribution in [2.75, 3.05) is 31.3 Å². The quantitative estimate of drug-likeness (QED) is 0.632. The third kappa shape index (κ3) is 4.44. The van der Waals surface area contributed by atoms with E-state index in [9.17, 15) is 14.9 Å². The molecule has 2 aromatic carbocycles. The average molecular weight is 314 g/mol. The molecule has 0 aliphatic rings. The van der Waals surface area contributed by atoms with Gasteiger partial charge in [0.1, 0.15) is 0 Å². The van der Waals surface area contributed by atoms with E-state index in [1.54, 1.807) is 20.2 Å². The summed E-state index contributed by atoms with van der Waals surface area (Å²) in [5.41, 5.74) is 1.97. The van der Waals surface area contributed by atoms with Crippen LogP contribution >= 0.6 is 0 Å². The van der Waals surface area contributed by atoms with E-state index in [0.29, 0.717) is 11.4 Å². The van der Waals surface area contributed by atoms with E-state index in [4.69, 9.17) is 0 Å². The number of nitrogens with one attached hydrogen (secondary N) is 2. The molecular weight excluding hydrogens is 296 g/mol. The predicted octanol–water partition coefficient (Wildman–Crippen LogP) is 2.84. The molecule has 0 saturated carbocycles.